The molecule has 2 aromatic carbocycles. The highest BCUT2D eigenvalue weighted by molar-refractivity contribution is 6.35. The number of halogens is 1. The molecule has 5 rings (SSSR count). The Bertz CT molecular complexity index is 1330. The summed E-state index contributed by atoms with van der Waals surface area (Å²) in [5.41, 5.74) is 4.96. The van der Waals surface area contributed by atoms with Gasteiger partial charge in [0, 0.05) is 30.2 Å². The highest BCUT2D eigenvalue weighted by Gasteiger charge is 2.27. The van der Waals surface area contributed by atoms with Crippen LogP contribution in [0, 0.1) is 0 Å². The number of nitrogens with one attached hydrogen (secondary N) is 2. The number of methoxy groups -OCH3 is 2. The van der Waals surface area contributed by atoms with E-state index in [0.29, 0.717) is 23.1 Å². The van der Waals surface area contributed by atoms with Crippen molar-refractivity contribution in [3.63, 3.8) is 0 Å². The van der Waals surface area contributed by atoms with E-state index in [2.05, 4.69) is 16.4 Å². The third kappa shape index (κ3) is 4.48. The van der Waals surface area contributed by atoms with E-state index in [1.54, 1.807) is 25.3 Å². The zero-order valence-electron chi connectivity index (χ0n) is 19.8. The van der Waals surface area contributed by atoms with Crippen molar-refractivity contribution < 1.29 is 19.1 Å². The molecule has 0 unspecified atom stereocenters. The normalized spacial score (nSPS) is 17.1. The first-order valence-corrected chi connectivity index (χ1v) is 12.2. The second-order valence-corrected chi connectivity index (χ2v) is 9.33. The second-order valence-electron chi connectivity index (χ2n) is 8.93. The number of aromatic nitrogens is 1. The van der Waals surface area contributed by atoms with Crippen LogP contribution in [0.4, 0.5) is 0 Å². The molecule has 2 heterocycles. The number of hydrogen-bond donors (Lipinski definition) is 2. The minimum absolute atomic E-state index is 0.0646. The number of fused-ring (bicyclic) bond motifs is 4. The number of carbonyl (C=O) groups excluding carboxylic acids is 2. The lowest BCUT2D eigenvalue weighted by Crippen LogP contribution is -2.35. The Hall–Kier alpha value is -3.45. The summed E-state index contributed by atoms with van der Waals surface area (Å²) in [5.74, 6) is 1.05. The summed E-state index contributed by atoms with van der Waals surface area (Å²) >= 11 is 6.38. The Labute approximate surface area is 209 Å². The second kappa shape index (κ2) is 9.66. The number of para-hydroxylation sites is 1. The molecule has 8 heteroatoms. The van der Waals surface area contributed by atoms with Crippen LogP contribution in [0.5, 0.6) is 11.5 Å². The molecule has 0 saturated heterocycles. The molecule has 0 radical (unpaired) electrons. The topological polar surface area (TPSA) is 83.7 Å². The van der Waals surface area contributed by atoms with E-state index >= 15 is 0 Å². The molecule has 1 aliphatic carbocycles. The van der Waals surface area contributed by atoms with E-state index in [9.17, 15) is 9.59 Å². The van der Waals surface area contributed by atoms with Crippen molar-refractivity contribution >= 4 is 40.4 Å². The molecule has 1 aromatic heterocycles. The fraction of sp³-hybridized carbons (Fsp3) is 0.333. The summed E-state index contributed by atoms with van der Waals surface area (Å²) in [6, 6.07) is 9.50. The summed E-state index contributed by atoms with van der Waals surface area (Å²) in [7, 11) is 3.16. The van der Waals surface area contributed by atoms with Crippen molar-refractivity contribution in [1.82, 2.24) is 15.2 Å². The first kappa shape index (κ1) is 23.3. The Morgan fingerprint density at radius 2 is 2.03 bits per heavy atom. The predicted octanol–water partition coefficient (Wildman–Crippen LogP) is 4.78. The lowest BCUT2D eigenvalue weighted by Gasteiger charge is -2.24. The van der Waals surface area contributed by atoms with E-state index in [-0.39, 0.29) is 30.7 Å². The van der Waals surface area contributed by atoms with Gasteiger partial charge in [-0.3, -0.25) is 9.59 Å². The molecule has 3 aromatic rings. The molecule has 1 atom stereocenters. The molecule has 0 fully saturated rings. The maximum Gasteiger partial charge on any atom is 0.230 e. The number of carbonyl (C=O) groups is 2. The van der Waals surface area contributed by atoms with Crippen LogP contribution in [-0.4, -0.2) is 42.5 Å². The number of aromatic amines is 1. The Morgan fingerprint density at radius 3 is 2.83 bits per heavy atom. The van der Waals surface area contributed by atoms with E-state index in [1.165, 1.54) is 5.56 Å². The number of H-pyrrole nitrogens is 1. The Balaban J connectivity index is 1.25. The van der Waals surface area contributed by atoms with Gasteiger partial charge in [-0.25, -0.2) is 0 Å². The van der Waals surface area contributed by atoms with Crippen molar-refractivity contribution in [2.75, 3.05) is 20.8 Å². The van der Waals surface area contributed by atoms with Gasteiger partial charge in [0.05, 0.1) is 37.2 Å². The van der Waals surface area contributed by atoms with Crippen molar-refractivity contribution in [1.29, 1.82) is 0 Å². The number of benzene rings is 2. The van der Waals surface area contributed by atoms with E-state index < -0.39 is 0 Å². The van der Waals surface area contributed by atoms with E-state index in [1.807, 2.05) is 30.3 Å². The van der Waals surface area contributed by atoms with E-state index in [0.717, 1.165) is 47.0 Å². The van der Waals surface area contributed by atoms with Gasteiger partial charge in [0.25, 0.3) is 0 Å². The third-order valence-electron chi connectivity index (χ3n) is 6.85. The fourth-order valence-corrected chi connectivity index (χ4v) is 5.27. The molecule has 0 spiro atoms. The highest BCUT2D eigenvalue weighted by Crippen LogP contribution is 2.37. The minimum atomic E-state index is -0.0886. The predicted molar refractivity (Wildman–Crippen MR) is 136 cm³/mol. The van der Waals surface area contributed by atoms with Crippen molar-refractivity contribution in [3.05, 3.63) is 63.9 Å². The van der Waals surface area contributed by atoms with Crippen molar-refractivity contribution in [3.8, 4) is 11.5 Å². The molecule has 35 heavy (non-hydrogen) atoms. The fourth-order valence-electron chi connectivity index (χ4n) is 5.05. The van der Waals surface area contributed by atoms with Crippen LogP contribution in [0.1, 0.15) is 47.7 Å². The SMILES string of the molecule is COc1cc2c(cc1OC)CC(=O)N(CCC(=O)N[C@H]1CCCc3c1[nH]c1c(Cl)cccc31)C=C2. The molecule has 0 saturated carbocycles. The summed E-state index contributed by atoms with van der Waals surface area (Å²) in [5, 5.41) is 4.97. The van der Waals surface area contributed by atoms with Gasteiger partial charge in [0.1, 0.15) is 0 Å². The molecule has 2 aliphatic rings. The molecular weight excluding hydrogens is 466 g/mol. The average Bonchev–Trinajstić information content (AvgIpc) is 3.17. The molecule has 0 bridgehead atoms. The lowest BCUT2D eigenvalue weighted by atomic mass is 9.91. The zero-order chi connectivity index (χ0) is 24.5. The Kier molecular flexibility index (Phi) is 6.43. The summed E-state index contributed by atoms with van der Waals surface area (Å²) < 4.78 is 10.7. The lowest BCUT2D eigenvalue weighted by molar-refractivity contribution is -0.128. The number of amides is 2. The minimum Gasteiger partial charge on any atom is -0.493 e. The first-order chi connectivity index (χ1) is 17.0. The quantitative estimate of drug-likeness (QED) is 0.517. The van der Waals surface area contributed by atoms with Gasteiger partial charge in [-0.15, -0.1) is 0 Å². The van der Waals surface area contributed by atoms with Gasteiger partial charge < -0.3 is 24.7 Å². The molecule has 2 N–H and O–H groups in total. The van der Waals surface area contributed by atoms with Crippen LogP contribution in [0.3, 0.4) is 0 Å². The van der Waals surface area contributed by atoms with Crippen LogP contribution in [0.2, 0.25) is 5.02 Å². The van der Waals surface area contributed by atoms with Crippen LogP contribution in [0.15, 0.2) is 36.5 Å². The van der Waals surface area contributed by atoms with Crippen LogP contribution < -0.4 is 14.8 Å². The molecule has 2 amide bonds. The van der Waals surface area contributed by atoms with Crippen molar-refractivity contribution in [2.45, 2.75) is 38.1 Å². The largest absolute Gasteiger partial charge is 0.493 e. The van der Waals surface area contributed by atoms with E-state index in [4.69, 9.17) is 21.1 Å². The monoisotopic (exact) mass is 493 g/mol. The van der Waals surface area contributed by atoms with Crippen LogP contribution in [-0.2, 0) is 22.4 Å². The maximum absolute atomic E-state index is 12.9. The van der Waals surface area contributed by atoms with Gasteiger partial charge in [-0.2, -0.15) is 0 Å². The first-order valence-electron chi connectivity index (χ1n) is 11.8. The van der Waals surface area contributed by atoms with Crippen LogP contribution >= 0.6 is 11.6 Å². The summed E-state index contributed by atoms with van der Waals surface area (Å²) in [6.07, 6.45) is 6.89. The summed E-state index contributed by atoms with van der Waals surface area (Å²) in [6.45, 7) is 0.307. The maximum atomic E-state index is 12.9. The number of nitrogens with zero attached hydrogens (tertiary/aromatic N) is 1. The number of aryl methyl sites for hydroxylation is 1. The van der Waals surface area contributed by atoms with Gasteiger partial charge in [-0.05, 0) is 60.2 Å². The van der Waals surface area contributed by atoms with Gasteiger partial charge in [0.15, 0.2) is 11.5 Å². The van der Waals surface area contributed by atoms with Gasteiger partial charge >= 0.3 is 0 Å². The smallest absolute Gasteiger partial charge is 0.230 e. The number of rotatable bonds is 6. The standard InChI is InChI=1S/C27H28ClN3O4/c1-34-22-13-16-9-11-31(25(33)15-17(16)14-23(22)35-2)12-10-24(32)29-21-8-4-6-19-18-5-3-7-20(28)26(18)30-27(19)21/h3,5,7,9,11,13-14,21,30H,4,6,8,10,12,15H2,1-2H3,(H,29,32)/t21-/m0/s1. The molecule has 1 aliphatic heterocycles. The summed E-state index contributed by atoms with van der Waals surface area (Å²) in [4.78, 5) is 30.8. The average molecular weight is 494 g/mol. The third-order valence-corrected chi connectivity index (χ3v) is 7.16. The molecule has 7 nitrogen and oxygen atoms in total. The van der Waals surface area contributed by atoms with Gasteiger partial charge in [-0.1, -0.05) is 23.7 Å². The Morgan fingerprint density at radius 1 is 1.23 bits per heavy atom. The van der Waals surface area contributed by atoms with Crippen LogP contribution in [0.25, 0.3) is 17.0 Å². The molecule has 182 valence electrons. The number of ether oxygens (including phenoxy) is 2. The molecular formula is C27H28ClN3O4. The van der Waals surface area contributed by atoms with Crippen molar-refractivity contribution in [2.24, 2.45) is 0 Å². The number of hydrogen-bond acceptors (Lipinski definition) is 4. The zero-order valence-corrected chi connectivity index (χ0v) is 20.6. The highest BCUT2D eigenvalue weighted by atomic mass is 35.5. The van der Waals surface area contributed by atoms with Gasteiger partial charge in [0.2, 0.25) is 11.8 Å².